The SMILES string of the molecule is Cc1cc(Br)ccc1C(=O)NS(=O)(=O)C=Cc1ccccc1Cl. The van der Waals surface area contributed by atoms with Crippen molar-refractivity contribution in [3.05, 3.63) is 74.1 Å². The molecule has 2 aromatic carbocycles. The van der Waals surface area contributed by atoms with E-state index in [2.05, 4.69) is 15.9 Å². The lowest BCUT2D eigenvalue weighted by Gasteiger charge is -2.07. The second-order valence-corrected chi connectivity index (χ2v) is 7.65. The standard InChI is InChI=1S/C16H13BrClNO3S/c1-11-10-13(17)6-7-14(11)16(20)19-23(21,22)9-8-12-4-2-3-5-15(12)18/h2-10H,1H3,(H,19,20). The van der Waals surface area contributed by atoms with E-state index in [1.807, 2.05) is 4.72 Å². The lowest BCUT2D eigenvalue weighted by molar-refractivity contribution is 0.0981. The Labute approximate surface area is 148 Å². The molecule has 1 N–H and O–H groups in total. The van der Waals surface area contributed by atoms with Crippen molar-refractivity contribution in [1.82, 2.24) is 4.72 Å². The summed E-state index contributed by atoms with van der Waals surface area (Å²) in [5, 5.41) is 1.34. The van der Waals surface area contributed by atoms with E-state index in [9.17, 15) is 13.2 Å². The Morgan fingerprint density at radius 3 is 2.57 bits per heavy atom. The molecule has 0 aliphatic rings. The van der Waals surface area contributed by atoms with Crippen molar-refractivity contribution in [3.8, 4) is 0 Å². The van der Waals surface area contributed by atoms with Crippen LogP contribution in [-0.2, 0) is 10.0 Å². The van der Waals surface area contributed by atoms with E-state index in [0.29, 0.717) is 21.7 Å². The van der Waals surface area contributed by atoms with Crippen LogP contribution < -0.4 is 4.72 Å². The molecule has 0 unspecified atom stereocenters. The number of nitrogens with one attached hydrogen (secondary N) is 1. The Balaban J connectivity index is 2.18. The maximum Gasteiger partial charge on any atom is 0.265 e. The molecule has 0 aliphatic heterocycles. The predicted molar refractivity (Wildman–Crippen MR) is 95.8 cm³/mol. The summed E-state index contributed by atoms with van der Waals surface area (Å²) in [5.41, 5.74) is 1.51. The van der Waals surface area contributed by atoms with Gasteiger partial charge in [0.05, 0.1) is 5.41 Å². The first kappa shape index (κ1) is 17.7. The highest BCUT2D eigenvalue weighted by Crippen LogP contribution is 2.18. The monoisotopic (exact) mass is 413 g/mol. The van der Waals surface area contributed by atoms with Crippen molar-refractivity contribution < 1.29 is 13.2 Å². The number of carbonyl (C=O) groups is 1. The van der Waals surface area contributed by atoms with Gasteiger partial charge in [-0.2, -0.15) is 0 Å². The lowest BCUT2D eigenvalue weighted by atomic mass is 10.1. The average molecular weight is 415 g/mol. The molecule has 0 radical (unpaired) electrons. The number of halogens is 2. The number of amides is 1. The van der Waals surface area contributed by atoms with Gasteiger partial charge in [-0.3, -0.25) is 4.79 Å². The van der Waals surface area contributed by atoms with Gasteiger partial charge in [-0.1, -0.05) is 45.7 Å². The summed E-state index contributed by atoms with van der Waals surface area (Å²) >= 11 is 9.24. The predicted octanol–water partition coefficient (Wildman–Crippen LogP) is 4.14. The molecule has 120 valence electrons. The van der Waals surface area contributed by atoms with Crippen molar-refractivity contribution in [3.63, 3.8) is 0 Å². The minimum atomic E-state index is -3.92. The number of hydrogen-bond donors (Lipinski definition) is 1. The molecule has 0 aromatic heterocycles. The Bertz CT molecular complexity index is 879. The summed E-state index contributed by atoms with van der Waals surface area (Å²) in [6.45, 7) is 1.73. The van der Waals surface area contributed by atoms with Crippen molar-refractivity contribution in [2.24, 2.45) is 0 Å². The first-order valence-corrected chi connectivity index (χ1v) is 9.26. The minimum absolute atomic E-state index is 0.294. The third-order valence-electron chi connectivity index (χ3n) is 3.00. The number of rotatable bonds is 4. The van der Waals surface area contributed by atoms with Gasteiger partial charge in [0.15, 0.2) is 0 Å². The van der Waals surface area contributed by atoms with Gasteiger partial charge in [-0.15, -0.1) is 0 Å². The second kappa shape index (κ2) is 7.29. The van der Waals surface area contributed by atoms with E-state index in [0.717, 1.165) is 9.88 Å². The van der Waals surface area contributed by atoms with Crippen LogP contribution in [-0.4, -0.2) is 14.3 Å². The summed E-state index contributed by atoms with van der Waals surface area (Å²) in [7, 11) is -3.92. The Morgan fingerprint density at radius 2 is 1.91 bits per heavy atom. The molecular formula is C16H13BrClNO3S. The Kier molecular flexibility index (Phi) is 5.62. The minimum Gasteiger partial charge on any atom is -0.268 e. The normalized spacial score (nSPS) is 11.6. The number of benzene rings is 2. The zero-order valence-corrected chi connectivity index (χ0v) is 15.2. The van der Waals surface area contributed by atoms with Gasteiger partial charge in [0.1, 0.15) is 0 Å². The molecule has 0 saturated carbocycles. The van der Waals surface area contributed by atoms with Crippen LogP contribution in [0.5, 0.6) is 0 Å². The van der Waals surface area contributed by atoms with Crippen LogP contribution >= 0.6 is 27.5 Å². The summed E-state index contributed by atoms with van der Waals surface area (Å²) in [4.78, 5) is 12.1. The number of aryl methyl sites for hydroxylation is 1. The van der Waals surface area contributed by atoms with Crippen molar-refractivity contribution >= 4 is 49.5 Å². The number of hydrogen-bond acceptors (Lipinski definition) is 3. The van der Waals surface area contributed by atoms with Crippen molar-refractivity contribution in [1.29, 1.82) is 0 Å². The fourth-order valence-electron chi connectivity index (χ4n) is 1.87. The molecule has 0 heterocycles. The highest BCUT2D eigenvalue weighted by molar-refractivity contribution is 9.10. The van der Waals surface area contributed by atoms with E-state index in [1.165, 1.54) is 6.08 Å². The van der Waals surface area contributed by atoms with Gasteiger partial charge >= 0.3 is 0 Å². The second-order valence-electron chi connectivity index (χ2n) is 4.76. The molecule has 4 nitrogen and oxygen atoms in total. The summed E-state index contributed by atoms with van der Waals surface area (Å²) in [5.74, 6) is -0.682. The lowest BCUT2D eigenvalue weighted by Crippen LogP contribution is -2.29. The quantitative estimate of drug-likeness (QED) is 0.818. The van der Waals surface area contributed by atoms with Gasteiger partial charge in [0.2, 0.25) is 0 Å². The first-order chi connectivity index (χ1) is 10.8. The van der Waals surface area contributed by atoms with Gasteiger partial charge in [-0.05, 0) is 48.4 Å². The number of carbonyl (C=O) groups excluding carboxylic acids is 1. The molecule has 0 spiro atoms. The van der Waals surface area contributed by atoms with E-state index < -0.39 is 15.9 Å². The topological polar surface area (TPSA) is 63.2 Å². The van der Waals surface area contributed by atoms with Crippen molar-refractivity contribution in [2.45, 2.75) is 6.92 Å². The van der Waals surface area contributed by atoms with Crippen LogP contribution in [0.1, 0.15) is 21.5 Å². The molecule has 7 heteroatoms. The molecule has 0 aliphatic carbocycles. The largest absolute Gasteiger partial charge is 0.268 e. The molecular weight excluding hydrogens is 402 g/mol. The zero-order valence-electron chi connectivity index (χ0n) is 12.1. The van der Waals surface area contributed by atoms with Gasteiger partial charge in [0, 0.05) is 15.1 Å². The van der Waals surface area contributed by atoms with E-state index in [1.54, 1.807) is 49.4 Å². The molecule has 1 amide bonds. The summed E-state index contributed by atoms with van der Waals surface area (Å²) in [6, 6.07) is 11.8. The maximum absolute atomic E-state index is 12.1. The Hall–Kier alpha value is -1.63. The van der Waals surface area contributed by atoms with Crippen LogP contribution in [0, 0.1) is 6.92 Å². The van der Waals surface area contributed by atoms with Gasteiger partial charge in [-0.25, -0.2) is 13.1 Å². The van der Waals surface area contributed by atoms with Crippen molar-refractivity contribution in [2.75, 3.05) is 0 Å². The summed E-state index contributed by atoms with van der Waals surface area (Å²) in [6.07, 6.45) is 1.34. The number of sulfonamides is 1. The van der Waals surface area contributed by atoms with Gasteiger partial charge in [0.25, 0.3) is 15.9 Å². The zero-order chi connectivity index (χ0) is 17.0. The van der Waals surface area contributed by atoms with Crippen LogP contribution in [0.15, 0.2) is 52.3 Å². The maximum atomic E-state index is 12.1. The third-order valence-corrected chi connectivity index (χ3v) is 4.80. The van der Waals surface area contributed by atoms with Crippen LogP contribution in [0.2, 0.25) is 5.02 Å². The fraction of sp³-hybridized carbons (Fsp3) is 0.0625. The summed E-state index contributed by atoms with van der Waals surface area (Å²) < 4.78 is 26.8. The van der Waals surface area contributed by atoms with E-state index >= 15 is 0 Å². The Morgan fingerprint density at radius 1 is 1.22 bits per heavy atom. The van der Waals surface area contributed by atoms with E-state index in [-0.39, 0.29) is 0 Å². The molecule has 2 rings (SSSR count). The van der Waals surface area contributed by atoms with Crippen LogP contribution in [0.3, 0.4) is 0 Å². The fourth-order valence-corrected chi connectivity index (χ4v) is 3.31. The van der Waals surface area contributed by atoms with Crippen LogP contribution in [0.25, 0.3) is 6.08 Å². The molecule has 0 bridgehead atoms. The molecule has 2 aromatic rings. The molecule has 23 heavy (non-hydrogen) atoms. The molecule has 0 saturated heterocycles. The van der Waals surface area contributed by atoms with Crippen LogP contribution in [0.4, 0.5) is 0 Å². The van der Waals surface area contributed by atoms with Gasteiger partial charge < -0.3 is 0 Å². The third kappa shape index (κ3) is 4.92. The highest BCUT2D eigenvalue weighted by Gasteiger charge is 2.15. The van der Waals surface area contributed by atoms with E-state index in [4.69, 9.17) is 11.6 Å². The molecule has 0 fully saturated rings. The highest BCUT2D eigenvalue weighted by atomic mass is 79.9. The molecule has 0 atom stereocenters. The smallest absolute Gasteiger partial charge is 0.265 e. The average Bonchev–Trinajstić information content (AvgIpc) is 2.45. The first-order valence-electron chi connectivity index (χ1n) is 6.54.